The zero-order valence-electron chi connectivity index (χ0n) is 12.3. The third kappa shape index (κ3) is 4.68. The van der Waals surface area contributed by atoms with Crippen LogP contribution in [0.1, 0.15) is 32.3 Å². The summed E-state index contributed by atoms with van der Waals surface area (Å²) in [5, 5.41) is 13.5. The van der Waals surface area contributed by atoms with E-state index in [1.807, 2.05) is 13.8 Å². The minimum absolute atomic E-state index is 0.0238. The number of carbonyl (C=O) groups is 1. The standard InChI is InChI=1S/C15H21N3O3/c1-3-15(4-2,11-16)17-14(19)10-7-12-5-8-13(9-6-12)18(20)21/h5-10H,3-4,11,16H2,1-2H3,(H,17,19). The zero-order valence-corrected chi connectivity index (χ0v) is 12.3. The fraction of sp³-hybridized carbons (Fsp3) is 0.400. The minimum Gasteiger partial charge on any atom is -0.346 e. The zero-order chi connectivity index (χ0) is 15.9. The predicted molar refractivity (Wildman–Crippen MR) is 82.6 cm³/mol. The largest absolute Gasteiger partial charge is 0.346 e. The Morgan fingerprint density at radius 3 is 2.33 bits per heavy atom. The van der Waals surface area contributed by atoms with Gasteiger partial charge in [-0.3, -0.25) is 14.9 Å². The average Bonchev–Trinajstić information content (AvgIpc) is 2.51. The first-order valence-corrected chi connectivity index (χ1v) is 6.91. The highest BCUT2D eigenvalue weighted by Gasteiger charge is 2.25. The van der Waals surface area contributed by atoms with E-state index in [1.165, 1.54) is 18.2 Å². The number of rotatable bonds is 7. The molecule has 0 unspecified atom stereocenters. The van der Waals surface area contributed by atoms with E-state index in [-0.39, 0.29) is 17.1 Å². The first-order valence-electron chi connectivity index (χ1n) is 6.91. The summed E-state index contributed by atoms with van der Waals surface area (Å²) in [6.45, 7) is 4.35. The van der Waals surface area contributed by atoms with Crippen molar-refractivity contribution in [1.29, 1.82) is 0 Å². The van der Waals surface area contributed by atoms with Gasteiger partial charge in [-0.15, -0.1) is 0 Å². The molecule has 1 amide bonds. The number of nitrogens with zero attached hydrogens (tertiary/aromatic N) is 1. The average molecular weight is 291 g/mol. The lowest BCUT2D eigenvalue weighted by Crippen LogP contribution is -2.52. The van der Waals surface area contributed by atoms with Gasteiger partial charge in [0.1, 0.15) is 0 Å². The highest BCUT2D eigenvalue weighted by Crippen LogP contribution is 2.14. The van der Waals surface area contributed by atoms with Gasteiger partial charge in [0.2, 0.25) is 5.91 Å². The molecule has 0 fully saturated rings. The molecule has 0 heterocycles. The lowest BCUT2D eigenvalue weighted by Gasteiger charge is -2.30. The van der Waals surface area contributed by atoms with Crippen LogP contribution in [0.5, 0.6) is 0 Å². The maximum atomic E-state index is 11.9. The van der Waals surface area contributed by atoms with Crippen LogP contribution in [0.25, 0.3) is 6.08 Å². The second kappa shape index (κ2) is 7.54. The molecule has 0 aliphatic heterocycles. The van der Waals surface area contributed by atoms with Crippen LogP contribution in [0.2, 0.25) is 0 Å². The van der Waals surface area contributed by atoms with Crippen LogP contribution in [0.3, 0.4) is 0 Å². The molecule has 114 valence electrons. The van der Waals surface area contributed by atoms with Gasteiger partial charge >= 0.3 is 0 Å². The highest BCUT2D eigenvalue weighted by atomic mass is 16.6. The molecule has 0 spiro atoms. The number of benzene rings is 1. The Balaban J connectivity index is 2.71. The highest BCUT2D eigenvalue weighted by molar-refractivity contribution is 5.92. The van der Waals surface area contributed by atoms with Crippen molar-refractivity contribution in [3.8, 4) is 0 Å². The minimum atomic E-state index is -0.460. The number of hydrogen-bond donors (Lipinski definition) is 2. The molecule has 0 saturated carbocycles. The molecule has 0 aromatic heterocycles. The number of hydrogen-bond acceptors (Lipinski definition) is 4. The van der Waals surface area contributed by atoms with E-state index in [4.69, 9.17) is 5.73 Å². The summed E-state index contributed by atoms with van der Waals surface area (Å²) < 4.78 is 0. The summed E-state index contributed by atoms with van der Waals surface area (Å²) in [6.07, 6.45) is 4.55. The fourth-order valence-corrected chi connectivity index (χ4v) is 1.95. The van der Waals surface area contributed by atoms with E-state index in [0.29, 0.717) is 6.54 Å². The predicted octanol–water partition coefficient (Wildman–Crippen LogP) is 2.24. The quantitative estimate of drug-likeness (QED) is 0.457. The van der Waals surface area contributed by atoms with Crippen molar-refractivity contribution < 1.29 is 9.72 Å². The van der Waals surface area contributed by atoms with E-state index in [2.05, 4.69) is 5.32 Å². The summed E-state index contributed by atoms with van der Waals surface area (Å²) in [7, 11) is 0. The molecule has 1 rings (SSSR count). The van der Waals surface area contributed by atoms with Gasteiger partial charge in [0.25, 0.3) is 5.69 Å². The Labute approximate surface area is 124 Å². The monoisotopic (exact) mass is 291 g/mol. The van der Waals surface area contributed by atoms with Gasteiger partial charge in [-0.2, -0.15) is 0 Å². The van der Waals surface area contributed by atoms with Crippen LogP contribution in [0.15, 0.2) is 30.3 Å². The Bertz CT molecular complexity index is 511. The van der Waals surface area contributed by atoms with Crippen molar-refractivity contribution >= 4 is 17.7 Å². The maximum Gasteiger partial charge on any atom is 0.269 e. The first kappa shape index (κ1) is 16.8. The topological polar surface area (TPSA) is 98.3 Å². The van der Waals surface area contributed by atoms with E-state index in [0.717, 1.165) is 18.4 Å². The van der Waals surface area contributed by atoms with Gasteiger partial charge in [0.05, 0.1) is 10.5 Å². The molecule has 0 aliphatic rings. The van der Waals surface area contributed by atoms with Crippen molar-refractivity contribution in [1.82, 2.24) is 5.32 Å². The Morgan fingerprint density at radius 2 is 1.90 bits per heavy atom. The number of nitrogens with one attached hydrogen (secondary N) is 1. The summed E-state index contributed by atoms with van der Waals surface area (Å²) >= 11 is 0. The molecule has 0 aliphatic carbocycles. The second-order valence-corrected chi connectivity index (χ2v) is 4.86. The van der Waals surface area contributed by atoms with Crippen molar-refractivity contribution in [3.63, 3.8) is 0 Å². The van der Waals surface area contributed by atoms with E-state index >= 15 is 0 Å². The number of nitro groups is 1. The fourth-order valence-electron chi connectivity index (χ4n) is 1.95. The normalized spacial score (nSPS) is 11.6. The van der Waals surface area contributed by atoms with Gasteiger partial charge in [0, 0.05) is 24.8 Å². The van der Waals surface area contributed by atoms with Gasteiger partial charge in [-0.1, -0.05) is 13.8 Å². The molecule has 6 heteroatoms. The van der Waals surface area contributed by atoms with Gasteiger partial charge < -0.3 is 11.1 Å². The SMILES string of the molecule is CCC(CC)(CN)NC(=O)C=Cc1ccc([N+](=O)[O-])cc1. The lowest BCUT2D eigenvalue weighted by atomic mass is 9.93. The van der Waals surface area contributed by atoms with Crippen LogP contribution in [0, 0.1) is 10.1 Å². The summed E-state index contributed by atoms with van der Waals surface area (Å²) in [5.41, 5.74) is 6.10. The Hall–Kier alpha value is -2.21. The summed E-state index contributed by atoms with van der Waals surface area (Å²) in [5.74, 6) is -0.220. The Kier molecular flexibility index (Phi) is 6.05. The van der Waals surface area contributed by atoms with Crippen LogP contribution in [-0.2, 0) is 4.79 Å². The number of amides is 1. The third-order valence-electron chi connectivity index (χ3n) is 3.66. The van der Waals surface area contributed by atoms with E-state index < -0.39 is 4.92 Å². The molecule has 0 atom stereocenters. The third-order valence-corrected chi connectivity index (χ3v) is 3.66. The van der Waals surface area contributed by atoms with Gasteiger partial charge in [-0.25, -0.2) is 0 Å². The molecule has 6 nitrogen and oxygen atoms in total. The molecule has 1 aromatic rings. The smallest absolute Gasteiger partial charge is 0.269 e. The summed E-state index contributed by atoms with van der Waals surface area (Å²) in [6, 6.07) is 6.00. The number of non-ortho nitro benzene ring substituents is 1. The Morgan fingerprint density at radius 1 is 1.33 bits per heavy atom. The van der Waals surface area contributed by atoms with Gasteiger partial charge in [0.15, 0.2) is 0 Å². The number of nitrogens with two attached hydrogens (primary N) is 1. The number of nitro benzene ring substituents is 1. The molecule has 0 radical (unpaired) electrons. The van der Waals surface area contributed by atoms with Crippen molar-refractivity contribution in [2.75, 3.05) is 6.54 Å². The van der Waals surface area contributed by atoms with Crippen molar-refractivity contribution in [2.45, 2.75) is 32.2 Å². The molecular formula is C15H21N3O3. The molecule has 1 aromatic carbocycles. The lowest BCUT2D eigenvalue weighted by molar-refractivity contribution is -0.384. The molecule has 0 bridgehead atoms. The van der Waals surface area contributed by atoms with Crippen molar-refractivity contribution in [3.05, 3.63) is 46.0 Å². The number of carbonyl (C=O) groups excluding carboxylic acids is 1. The van der Waals surface area contributed by atoms with Crippen LogP contribution >= 0.6 is 0 Å². The summed E-state index contributed by atoms with van der Waals surface area (Å²) in [4.78, 5) is 22.0. The molecule has 0 saturated heterocycles. The van der Waals surface area contributed by atoms with Crippen LogP contribution < -0.4 is 11.1 Å². The van der Waals surface area contributed by atoms with Crippen LogP contribution in [0.4, 0.5) is 5.69 Å². The molecule has 21 heavy (non-hydrogen) atoms. The maximum absolute atomic E-state index is 11.9. The van der Waals surface area contributed by atoms with Crippen molar-refractivity contribution in [2.24, 2.45) is 5.73 Å². The van der Waals surface area contributed by atoms with Gasteiger partial charge in [-0.05, 0) is 36.6 Å². The molecular weight excluding hydrogens is 270 g/mol. The van der Waals surface area contributed by atoms with E-state index in [1.54, 1.807) is 18.2 Å². The van der Waals surface area contributed by atoms with Crippen LogP contribution in [-0.4, -0.2) is 22.9 Å². The molecule has 3 N–H and O–H groups in total. The van der Waals surface area contributed by atoms with E-state index in [9.17, 15) is 14.9 Å². The second-order valence-electron chi connectivity index (χ2n) is 4.86. The first-order chi connectivity index (χ1) is 9.96.